The molecule has 0 fully saturated rings. The number of hydrogen-bond acceptors (Lipinski definition) is 6. The summed E-state index contributed by atoms with van der Waals surface area (Å²) < 4.78 is 0.818. The van der Waals surface area contributed by atoms with Crippen molar-refractivity contribution in [3.05, 3.63) is 29.8 Å². The summed E-state index contributed by atoms with van der Waals surface area (Å²) in [4.78, 5) is 14.4. The summed E-state index contributed by atoms with van der Waals surface area (Å²) in [6, 6.07) is 8.15. The quantitative estimate of drug-likeness (QED) is 0.878. The molecule has 0 saturated heterocycles. The molecule has 2 heterocycles. The first kappa shape index (κ1) is 14.3. The Bertz CT molecular complexity index is 643. The first-order chi connectivity index (χ1) is 10.3. The highest BCUT2D eigenvalue weighted by Gasteiger charge is 2.22. The van der Waals surface area contributed by atoms with Crippen LogP contribution in [0.25, 0.3) is 0 Å². The maximum absolute atomic E-state index is 12.5. The molecular weight excluding hydrogens is 304 g/mol. The molecule has 0 unspecified atom stereocenters. The van der Waals surface area contributed by atoms with E-state index in [1.54, 1.807) is 0 Å². The Morgan fingerprint density at radius 3 is 3.10 bits per heavy atom. The van der Waals surface area contributed by atoms with Crippen molar-refractivity contribution in [3.63, 3.8) is 0 Å². The van der Waals surface area contributed by atoms with E-state index < -0.39 is 0 Å². The minimum absolute atomic E-state index is 0.133. The van der Waals surface area contributed by atoms with E-state index in [0.29, 0.717) is 5.75 Å². The molecule has 0 saturated carbocycles. The van der Waals surface area contributed by atoms with E-state index in [1.165, 1.54) is 28.7 Å². The molecule has 21 heavy (non-hydrogen) atoms. The fourth-order valence-corrected chi connectivity index (χ4v) is 3.94. The molecule has 1 aliphatic rings. The SMILES string of the molecule is CNc1nnc(SCC(=O)N2CCCc3ccccc32)s1. The van der Waals surface area contributed by atoms with Gasteiger partial charge in [-0.05, 0) is 24.5 Å². The lowest BCUT2D eigenvalue weighted by molar-refractivity contribution is -0.116. The molecule has 1 amide bonds. The largest absolute Gasteiger partial charge is 0.363 e. The molecule has 1 N–H and O–H groups in total. The highest BCUT2D eigenvalue weighted by molar-refractivity contribution is 8.01. The molecule has 110 valence electrons. The van der Waals surface area contributed by atoms with Crippen LogP contribution < -0.4 is 10.2 Å². The molecule has 0 aliphatic carbocycles. The van der Waals surface area contributed by atoms with Crippen LogP contribution in [0.3, 0.4) is 0 Å². The number of thioether (sulfide) groups is 1. The first-order valence-corrected chi connectivity index (χ1v) is 8.60. The summed E-state index contributed by atoms with van der Waals surface area (Å²) in [6.45, 7) is 0.800. The third-order valence-corrected chi connectivity index (χ3v) is 5.41. The summed E-state index contributed by atoms with van der Waals surface area (Å²) in [5, 5.41) is 11.7. The number of anilines is 2. The number of nitrogens with zero attached hydrogens (tertiary/aromatic N) is 3. The van der Waals surface area contributed by atoms with Crippen LogP contribution in [-0.4, -0.2) is 35.4 Å². The topological polar surface area (TPSA) is 58.1 Å². The summed E-state index contributed by atoms with van der Waals surface area (Å²) in [6.07, 6.45) is 2.07. The molecule has 3 rings (SSSR count). The van der Waals surface area contributed by atoms with Crippen molar-refractivity contribution in [2.45, 2.75) is 17.2 Å². The van der Waals surface area contributed by atoms with Crippen LogP contribution in [0.1, 0.15) is 12.0 Å². The van der Waals surface area contributed by atoms with E-state index in [4.69, 9.17) is 0 Å². The number of amides is 1. The van der Waals surface area contributed by atoms with Crippen LogP contribution in [0.15, 0.2) is 28.6 Å². The second-order valence-electron chi connectivity index (χ2n) is 4.69. The van der Waals surface area contributed by atoms with Gasteiger partial charge in [0.25, 0.3) is 0 Å². The van der Waals surface area contributed by atoms with Crippen molar-refractivity contribution in [2.75, 3.05) is 29.6 Å². The van der Waals surface area contributed by atoms with Crippen molar-refractivity contribution in [1.82, 2.24) is 10.2 Å². The summed E-state index contributed by atoms with van der Waals surface area (Å²) in [5.74, 6) is 0.528. The van der Waals surface area contributed by atoms with Crippen LogP contribution in [0.4, 0.5) is 10.8 Å². The van der Waals surface area contributed by atoms with Crippen LogP contribution in [0.5, 0.6) is 0 Å². The van der Waals surface area contributed by atoms with E-state index in [1.807, 2.05) is 30.1 Å². The van der Waals surface area contributed by atoms with Gasteiger partial charge in [-0.25, -0.2) is 0 Å². The fourth-order valence-electron chi connectivity index (χ4n) is 2.36. The minimum atomic E-state index is 0.133. The number of rotatable bonds is 4. The Kier molecular flexibility index (Phi) is 4.40. The summed E-state index contributed by atoms with van der Waals surface area (Å²) in [5.41, 5.74) is 2.32. The number of hydrogen-bond donors (Lipinski definition) is 1. The predicted octanol–water partition coefficient (Wildman–Crippen LogP) is 2.65. The van der Waals surface area contributed by atoms with E-state index in [2.05, 4.69) is 21.6 Å². The van der Waals surface area contributed by atoms with Crippen LogP contribution >= 0.6 is 23.1 Å². The van der Waals surface area contributed by atoms with Crippen molar-refractivity contribution >= 4 is 39.8 Å². The number of aromatic nitrogens is 2. The number of para-hydroxylation sites is 1. The molecule has 7 heteroatoms. The number of benzene rings is 1. The minimum Gasteiger partial charge on any atom is -0.363 e. The van der Waals surface area contributed by atoms with Crippen LogP contribution in [0.2, 0.25) is 0 Å². The average Bonchev–Trinajstić information content (AvgIpc) is 3.00. The third-order valence-electron chi connectivity index (χ3n) is 3.35. The van der Waals surface area contributed by atoms with Gasteiger partial charge in [-0.1, -0.05) is 41.3 Å². The van der Waals surface area contributed by atoms with E-state index in [9.17, 15) is 4.79 Å². The Labute approximate surface area is 131 Å². The summed E-state index contributed by atoms with van der Waals surface area (Å²) in [7, 11) is 1.81. The van der Waals surface area contributed by atoms with Gasteiger partial charge in [0.05, 0.1) is 5.75 Å². The van der Waals surface area contributed by atoms with E-state index in [-0.39, 0.29) is 5.91 Å². The lowest BCUT2D eigenvalue weighted by atomic mass is 10.0. The van der Waals surface area contributed by atoms with Crippen LogP contribution in [0, 0.1) is 0 Å². The average molecular weight is 320 g/mol. The highest BCUT2D eigenvalue weighted by Crippen LogP contribution is 2.29. The lowest BCUT2D eigenvalue weighted by Crippen LogP contribution is -2.36. The van der Waals surface area contributed by atoms with Gasteiger partial charge in [0.1, 0.15) is 0 Å². The monoisotopic (exact) mass is 320 g/mol. The second-order valence-corrected chi connectivity index (χ2v) is 6.89. The Hall–Kier alpha value is -1.60. The van der Waals surface area contributed by atoms with Gasteiger partial charge >= 0.3 is 0 Å². The molecule has 1 aromatic heterocycles. The molecule has 5 nitrogen and oxygen atoms in total. The van der Waals surface area contributed by atoms with Crippen molar-refractivity contribution in [3.8, 4) is 0 Å². The second kappa shape index (κ2) is 6.44. The molecule has 0 atom stereocenters. The van der Waals surface area contributed by atoms with Gasteiger partial charge in [-0.3, -0.25) is 4.79 Å². The highest BCUT2D eigenvalue weighted by atomic mass is 32.2. The van der Waals surface area contributed by atoms with Gasteiger partial charge in [0, 0.05) is 19.3 Å². The van der Waals surface area contributed by atoms with Crippen LogP contribution in [-0.2, 0) is 11.2 Å². The van der Waals surface area contributed by atoms with Gasteiger partial charge in [-0.15, -0.1) is 10.2 Å². The zero-order valence-corrected chi connectivity index (χ0v) is 13.3. The Balaban J connectivity index is 1.66. The molecule has 0 bridgehead atoms. The molecule has 2 aromatic rings. The number of carbonyl (C=O) groups excluding carboxylic acids is 1. The van der Waals surface area contributed by atoms with Crippen molar-refractivity contribution in [2.24, 2.45) is 0 Å². The number of nitrogens with one attached hydrogen (secondary N) is 1. The number of carbonyl (C=O) groups is 1. The molecule has 0 spiro atoms. The van der Waals surface area contributed by atoms with Gasteiger partial charge in [0.15, 0.2) is 4.34 Å². The summed E-state index contributed by atoms with van der Waals surface area (Å²) >= 11 is 2.91. The smallest absolute Gasteiger partial charge is 0.237 e. The predicted molar refractivity (Wildman–Crippen MR) is 87.3 cm³/mol. The third kappa shape index (κ3) is 3.19. The normalized spacial score (nSPS) is 13.9. The lowest BCUT2D eigenvalue weighted by Gasteiger charge is -2.29. The van der Waals surface area contributed by atoms with Crippen molar-refractivity contribution < 1.29 is 4.79 Å². The molecule has 1 aromatic carbocycles. The Morgan fingerprint density at radius 2 is 2.29 bits per heavy atom. The van der Waals surface area contributed by atoms with E-state index >= 15 is 0 Å². The van der Waals surface area contributed by atoms with E-state index in [0.717, 1.165) is 34.5 Å². The van der Waals surface area contributed by atoms with Gasteiger partial charge in [-0.2, -0.15) is 0 Å². The number of aryl methyl sites for hydroxylation is 1. The number of fused-ring (bicyclic) bond motifs is 1. The van der Waals surface area contributed by atoms with Crippen molar-refractivity contribution in [1.29, 1.82) is 0 Å². The fraction of sp³-hybridized carbons (Fsp3) is 0.357. The molecule has 0 radical (unpaired) electrons. The zero-order valence-electron chi connectivity index (χ0n) is 11.7. The first-order valence-electron chi connectivity index (χ1n) is 6.80. The maximum Gasteiger partial charge on any atom is 0.237 e. The zero-order chi connectivity index (χ0) is 14.7. The molecular formula is C14H16N4OS2. The maximum atomic E-state index is 12.5. The van der Waals surface area contributed by atoms with Gasteiger partial charge < -0.3 is 10.2 Å². The standard InChI is InChI=1S/C14H16N4OS2/c1-15-13-16-17-14(21-13)20-9-12(19)18-8-4-6-10-5-2-3-7-11(10)18/h2-3,5,7H,4,6,8-9H2,1H3,(H,15,16). The molecule has 1 aliphatic heterocycles. The Morgan fingerprint density at radius 1 is 1.43 bits per heavy atom. The van der Waals surface area contributed by atoms with Gasteiger partial charge in [0.2, 0.25) is 11.0 Å².